The number of allylic oxidation sites excluding steroid dienone is 1. The summed E-state index contributed by atoms with van der Waals surface area (Å²) in [5.74, 6) is 0.449. The van der Waals surface area contributed by atoms with Gasteiger partial charge in [-0.1, -0.05) is 31.2 Å². The van der Waals surface area contributed by atoms with E-state index in [0.717, 1.165) is 31.2 Å². The first-order chi connectivity index (χ1) is 15.9. The maximum absolute atomic E-state index is 13.1. The Morgan fingerprint density at radius 3 is 2.74 bits per heavy atom. The standard InChI is InChI=1S/C28H36O6/c1-16(22(30)14-25(2,32)26(3,33)15-29)17-7-9-19-18(12-17)8-10-21-20(19)13-24-28(34-24)11-5-6-23(31)27(21,28)4/h5-7,9,12,15-16,20-22,24,30,32-33H,8,10-11,13-14H2,1-4H3/t16-,20-,21-,22+,24-,25-,26-,27-,28-/m0/s1. The number of aryl methyl sites for hydroxylation is 1. The van der Waals surface area contributed by atoms with Crippen molar-refractivity contribution in [3.8, 4) is 0 Å². The lowest BCUT2D eigenvalue weighted by Crippen LogP contribution is -2.56. The van der Waals surface area contributed by atoms with E-state index in [2.05, 4.69) is 19.1 Å². The van der Waals surface area contributed by atoms with Gasteiger partial charge in [0, 0.05) is 12.3 Å². The fraction of sp³-hybridized carbons (Fsp3) is 0.643. The highest BCUT2D eigenvalue weighted by molar-refractivity contribution is 5.98. The molecule has 1 aromatic rings. The van der Waals surface area contributed by atoms with Crippen LogP contribution in [0.25, 0.3) is 0 Å². The lowest BCUT2D eigenvalue weighted by atomic mass is 9.49. The molecule has 6 nitrogen and oxygen atoms in total. The van der Waals surface area contributed by atoms with Crippen LogP contribution in [-0.2, 0) is 20.7 Å². The van der Waals surface area contributed by atoms with Crippen LogP contribution in [0.5, 0.6) is 0 Å². The third-order valence-corrected chi connectivity index (χ3v) is 9.91. The Kier molecular flexibility index (Phi) is 5.31. The predicted octanol–water partition coefficient (Wildman–Crippen LogP) is 2.96. The van der Waals surface area contributed by atoms with Gasteiger partial charge in [-0.3, -0.25) is 4.79 Å². The summed E-state index contributed by atoms with van der Waals surface area (Å²) in [7, 11) is 0. The van der Waals surface area contributed by atoms with Crippen LogP contribution in [0.1, 0.15) is 81.9 Å². The summed E-state index contributed by atoms with van der Waals surface area (Å²) in [5.41, 5.74) is -0.987. The van der Waals surface area contributed by atoms with E-state index < -0.39 is 22.7 Å². The molecule has 1 saturated carbocycles. The molecule has 3 aliphatic carbocycles. The number of aldehydes is 1. The first-order valence-electron chi connectivity index (χ1n) is 12.5. The third kappa shape index (κ3) is 3.15. The molecule has 0 bridgehead atoms. The first kappa shape index (κ1) is 23.9. The lowest BCUT2D eigenvalue weighted by Gasteiger charge is -2.51. The molecule has 0 amide bonds. The molecule has 1 aromatic carbocycles. The van der Waals surface area contributed by atoms with Crippen LogP contribution in [0.4, 0.5) is 0 Å². The maximum Gasteiger partial charge on any atom is 0.164 e. The Morgan fingerprint density at radius 1 is 1.29 bits per heavy atom. The van der Waals surface area contributed by atoms with Gasteiger partial charge in [-0.05, 0) is 81.1 Å². The van der Waals surface area contributed by atoms with Crippen LogP contribution in [0, 0.1) is 11.3 Å². The highest BCUT2D eigenvalue weighted by atomic mass is 16.6. The van der Waals surface area contributed by atoms with Crippen LogP contribution >= 0.6 is 0 Å². The largest absolute Gasteiger partial charge is 0.392 e. The number of ether oxygens (including phenoxy) is 1. The molecule has 0 unspecified atom stereocenters. The van der Waals surface area contributed by atoms with E-state index in [1.54, 1.807) is 6.08 Å². The van der Waals surface area contributed by atoms with Gasteiger partial charge in [-0.25, -0.2) is 0 Å². The van der Waals surface area contributed by atoms with Crippen molar-refractivity contribution in [1.82, 2.24) is 0 Å². The minimum absolute atomic E-state index is 0.128. The van der Waals surface area contributed by atoms with Crippen LogP contribution in [0.3, 0.4) is 0 Å². The number of carbonyl (C=O) groups excluding carboxylic acids is 2. The second kappa shape index (κ2) is 7.57. The molecular formula is C28H36O6. The van der Waals surface area contributed by atoms with E-state index in [4.69, 9.17) is 4.74 Å². The van der Waals surface area contributed by atoms with Gasteiger partial charge in [0.05, 0.1) is 23.2 Å². The minimum Gasteiger partial charge on any atom is -0.392 e. The monoisotopic (exact) mass is 468 g/mol. The van der Waals surface area contributed by atoms with E-state index in [0.29, 0.717) is 6.29 Å². The zero-order chi connectivity index (χ0) is 24.7. The number of carbonyl (C=O) groups is 2. The first-order valence-corrected chi connectivity index (χ1v) is 12.5. The SMILES string of the molecule is C[C@@H](c1ccc2c(c1)CC[C@H]1[C@H]2C[C@@H]2O[C@@]23CC=CC(=O)[C@]13C)[C@H](O)C[C@](C)(O)[C@@](C)(O)C=O. The molecule has 1 heterocycles. The molecule has 1 spiro atoms. The number of hydrogen-bond acceptors (Lipinski definition) is 6. The van der Waals surface area contributed by atoms with Crippen molar-refractivity contribution < 1.29 is 29.6 Å². The van der Waals surface area contributed by atoms with Gasteiger partial charge in [-0.2, -0.15) is 0 Å². The Balaban J connectivity index is 1.39. The van der Waals surface area contributed by atoms with Gasteiger partial charge in [-0.15, -0.1) is 0 Å². The maximum atomic E-state index is 13.1. The summed E-state index contributed by atoms with van der Waals surface area (Å²) in [5, 5.41) is 31.7. The number of rotatable bonds is 6. The summed E-state index contributed by atoms with van der Waals surface area (Å²) in [6, 6.07) is 6.32. The average molecular weight is 469 g/mol. The molecular weight excluding hydrogens is 432 g/mol. The van der Waals surface area contributed by atoms with Gasteiger partial charge >= 0.3 is 0 Å². The van der Waals surface area contributed by atoms with Gasteiger partial charge < -0.3 is 24.9 Å². The predicted molar refractivity (Wildman–Crippen MR) is 126 cm³/mol. The fourth-order valence-corrected chi connectivity index (χ4v) is 7.09. The summed E-state index contributed by atoms with van der Waals surface area (Å²) in [4.78, 5) is 24.3. The average Bonchev–Trinajstić information content (AvgIpc) is 3.51. The molecule has 34 heavy (non-hydrogen) atoms. The number of aliphatic hydroxyl groups excluding tert-OH is 1. The molecule has 2 fully saturated rings. The molecule has 5 rings (SSSR count). The Bertz CT molecular complexity index is 1060. The second-order valence-electron chi connectivity index (χ2n) is 11.7. The molecule has 4 aliphatic rings. The van der Waals surface area contributed by atoms with Gasteiger partial charge in [0.15, 0.2) is 12.1 Å². The number of hydrogen-bond donors (Lipinski definition) is 3. The molecule has 9 atom stereocenters. The van der Waals surface area contributed by atoms with Crippen molar-refractivity contribution in [3.05, 3.63) is 47.0 Å². The van der Waals surface area contributed by atoms with Crippen molar-refractivity contribution in [1.29, 1.82) is 0 Å². The summed E-state index contributed by atoms with van der Waals surface area (Å²) in [6.45, 7) is 6.64. The van der Waals surface area contributed by atoms with Crippen LogP contribution in [0.2, 0.25) is 0 Å². The molecule has 1 aliphatic heterocycles. The zero-order valence-electron chi connectivity index (χ0n) is 20.5. The van der Waals surface area contributed by atoms with E-state index in [-0.39, 0.29) is 41.7 Å². The van der Waals surface area contributed by atoms with Crippen LogP contribution in [-0.4, -0.2) is 56.4 Å². The molecule has 0 radical (unpaired) electrons. The van der Waals surface area contributed by atoms with E-state index in [1.165, 1.54) is 25.0 Å². The summed E-state index contributed by atoms with van der Waals surface area (Å²) in [6.07, 6.45) is 6.69. The number of fused-ring (bicyclic) bond motifs is 4. The van der Waals surface area contributed by atoms with Gasteiger partial charge in [0.2, 0.25) is 0 Å². The Labute approximate surface area is 201 Å². The van der Waals surface area contributed by atoms with E-state index >= 15 is 0 Å². The van der Waals surface area contributed by atoms with Crippen LogP contribution < -0.4 is 0 Å². The smallest absolute Gasteiger partial charge is 0.164 e. The third-order valence-electron chi connectivity index (χ3n) is 9.91. The van der Waals surface area contributed by atoms with Crippen molar-refractivity contribution in [2.24, 2.45) is 11.3 Å². The number of ketones is 1. The quantitative estimate of drug-likeness (QED) is 0.438. The number of epoxide rings is 1. The lowest BCUT2D eigenvalue weighted by molar-refractivity contribution is -0.160. The van der Waals surface area contributed by atoms with Crippen molar-refractivity contribution in [3.63, 3.8) is 0 Å². The van der Waals surface area contributed by atoms with E-state index in [1.807, 2.05) is 19.1 Å². The van der Waals surface area contributed by atoms with Crippen molar-refractivity contribution in [2.45, 2.75) is 101 Å². The fourth-order valence-electron chi connectivity index (χ4n) is 7.09. The van der Waals surface area contributed by atoms with Gasteiger partial charge in [0.25, 0.3) is 0 Å². The highest BCUT2D eigenvalue weighted by Crippen LogP contribution is 2.69. The molecule has 6 heteroatoms. The second-order valence-corrected chi connectivity index (χ2v) is 11.7. The summed E-state index contributed by atoms with van der Waals surface area (Å²) < 4.78 is 6.25. The summed E-state index contributed by atoms with van der Waals surface area (Å²) >= 11 is 0. The van der Waals surface area contributed by atoms with Gasteiger partial charge in [0.1, 0.15) is 11.2 Å². The minimum atomic E-state index is -1.94. The highest BCUT2D eigenvalue weighted by Gasteiger charge is 2.75. The van der Waals surface area contributed by atoms with E-state index in [9.17, 15) is 24.9 Å². The molecule has 3 N–H and O–H groups in total. The van der Waals surface area contributed by atoms with Crippen molar-refractivity contribution in [2.75, 3.05) is 0 Å². The molecule has 184 valence electrons. The Hall–Kier alpha value is -1.86. The van der Waals surface area contributed by atoms with Crippen molar-refractivity contribution >= 4 is 12.1 Å². The zero-order valence-corrected chi connectivity index (χ0v) is 20.5. The number of aliphatic hydroxyl groups is 3. The normalized spacial score (nSPS) is 38.8. The molecule has 1 saturated heterocycles. The van der Waals surface area contributed by atoms with Crippen LogP contribution in [0.15, 0.2) is 30.4 Å². The Morgan fingerprint density at radius 2 is 2.03 bits per heavy atom. The topological polar surface area (TPSA) is 107 Å². The number of benzene rings is 1. The molecule has 0 aromatic heterocycles.